The van der Waals surface area contributed by atoms with Gasteiger partial charge in [0.25, 0.3) is 5.91 Å². The molecule has 38 heavy (non-hydrogen) atoms. The average Bonchev–Trinajstić information content (AvgIpc) is 2.93. The maximum atomic E-state index is 13.1. The molecule has 2 aromatic carbocycles. The third-order valence-corrected chi connectivity index (χ3v) is 6.85. The first-order valence-corrected chi connectivity index (χ1v) is 12.2. The van der Waals surface area contributed by atoms with Crippen LogP contribution >= 0.6 is 0 Å². The zero-order valence-corrected chi connectivity index (χ0v) is 21.0. The number of hydrogen-bond donors (Lipinski definition) is 3. The summed E-state index contributed by atoms with van der Waals surface area (Å²) in [5.74, 6) is -3.40. The molecule has 10 nitrogen and oxygen atoms in total. The van der Waals surface area contributed by atoms with Crippen molar-refractivity contribution in [3.8, 4) is 5.75 Å². The number of aliphatic hydroxyl groups is 1. The van der Waals surface area contributed by atoms with Crippen LogP contribution in [0.3, 0.4) is 0 Å². The van der Waals surface area contributed by atoms with Crippen LogP contribution in [0.15, 0.2) is 48.5 Å². The van der Waals surface area contributed by atoms with Crippen LogP contribution in [0.1, 0.15) is 40.0 Å². The molecule has 0 spiro atoms. The fraction of sp³-hybridized carbons (Fsp3) is 0.407. The fourth-order valence-electron chi connectivity index (χ4n) is 4.72. The Hall–Kier alpha value is -3.83. The maximum Gasteiger partial charge on any atom is 0.414 e. The molecular weight excluding hydrogens is 499 g/mol. The molecule has 11 heteroatoms. The Balaban J connectivity index is 0.000000599. The summed E-state index contributed by atoms with van der Waals surface area (Å²) in [4.78, 5) is 47.9. The van der Waals surface area contributed by atoms with E-state index in [0.717, 1.165) is 0 Å². The second-order valence-electron chi connectivity index (χ2n) is 9.19. The highest BCUT2D eigenvalue weighted by molar-refractivity contribution is 6.27. The Kier molecular flexibility index (Phi) is 9.91. The van der Waals surface area contributed by atoms with Gasteiger partial charge in [-0.15, -0.1) is 0 Å². The van der Waals surface area contributed by atoms with Gasteiger partial charge in [-0.1, -0.05) is 0 Å². The zero-order valence-electron chi connectivity index (χ0n) is 21.0. The molecule has 2 aliphatic rings. The zero-order chi connectivity index (χ0) is 27.8. The summed E-state index contributed by atoms with van der Waals surface area (Å²) in [6.45, 7) is 2.35. The van der Waals surface area contributed by atoms with E-state index in [-0.39, 0.29) is 29.5 Å². The minimum absolute atomic E-state index is 0.0464. The number of carboxylic acids is 2. The third-order valence-electron chi connectivity index (χ3n) is 6.85. The van der Waals surface area contributed by atoms with Crippen LogP contribution in [-0.4, -0.2) is 94.2 Å². The van der Waals surface area contributed by atoms with Crippen molar-refractivity contribution in [3.63, 3.8) is 0 Å². The molecule has 2 aromatic rings. The van der Waals surface area contributed by atoms with Crippen molar-refractivity contribution in [2.75, 3.05) is 33.3 Å². The first-order valence-electron chi connectivity index (χ1n) is 12.2. The van der Waals surface area contributed by atoms with E-state index in [1.165, 1.54) is 24.3 Å². The van der Waals surface area contributed by atoms with Crippen LogP contribution in [0.4, 0.5) is 4.39 Å². The average molecular weight is 531 g/mol. The number of carbonyl (C=O) groups is 4. The minimum atomic E-state index is -1.82. The summed E-state index contributed by atoms with van der Waals surface area (Å²) < 4.78 is 18.3. The van der Waals surface area contributed by atoms with Crippen molar-refractivity contribution in [1.29, 1.82) is 0 Å². The van der Waals surface area contributed by atoms with Crippen molar-refractivity contribution in [3.05, 3.63) is 65.5 Å². The van der Waals surface area contributed by atoms with Gasteiger partial charge < -0.3 is 25.0 Å². The summed E-state index contributed by atoms with van der Waals surface area (Å²) in [7, 11) is 1.59. The van der Waals surface area contributed by atoms with E-state index in [4.69, 9.17) is 24.5 Å². The van der Waals surface area contributed by atoms with Gasteiger partial charge >= 0.3 is 11.9 Å². The Morgan fingerprint density at radius 2 is 1.39 bits per heavy atom. The molecule has 2 fully saturated rings. The summed E-state index contributed by atoms with van der Waals surface area (Å²) in [5.41, 5.74) is 1.14. The quantitative estimate of drug-likeness (QED) is 0.391. The lowest BCUT2D eigenvalue weighted by molar-refractivity contribution is -0.159. The number of piperidine rings is 2. The molecule has 4 rings (SSSR count). The first kappa shape index (κ1) is 28.7. The van der Waals surface area contributed by atoms with Gasteiger partial charge in [0.15, 0.2) is 5.78 Å². The molecular formula is C27H31FN2O8. The summed E-state index contributed by atoms with van der Waals surface area (Å²) in [6, 6.07) is 12.6. The van der Waals surface area contributed by atoms with Crippen LogP contribution in [0.5, 0.6) is 5.75 Å². The number of carbonyl (C=O) groups excluding carboxylic acids is 2. The van der Waals surface area contributed by atoms with Gasteiger partial charge in [-0.3, -0.25) is 14.5 Å². The Morgan fingerprint density at radius 1 is 0.842 bits per heavy atom. The molecule has 0 unspecified atom stereocenters. The van der Waals surface area contributed by atoms with E-state index >= 15 is 0 Å². The van der Waals surface area contributed by atoms with Gasteiger partial charge in [-0.2, -0.15) is 0 Å². The number of amides is 1. The summed E-state index contributed by atoms with van der Waals surface area (Å²) in [6.07, 6.45) is 1.40. The predicted molar refractivity (Wildman–Crippen MR) is 134 cm³/mol. The van der Waals surface area contributed by atoms with E-state index < -0.39 is 18.0 Å². The monoisotopic (exact) mass is 530 g/mol. The van der Waals surface area contributed by atoms with Crippen LogP contribution in [-0.2, 0) is 9.59 Å². The van der Waals surface area contributed by atoms with Gasteiger partial charge in [-0.05, 0) is 80.9 Å². The van der Waals surface area contributed by atoms with E-state index in [1.807, 2.05) is 0 Å². The number of methoxy groups -OCH3 is 1. The molecule has 204 valence electrons. The van der Waals surface area contributed by atoms with Crippen molar-refractivity contribution in [2.45, 2.75) is 31.4 Å². The molecule has 0 radical (unpaired) electrons. The standard InChI is InChI=1S/C25H29FN2O4.C2H2O4/c1-32-21-8-4-19(5-9-21)25(31)28-15-12-23(29)22(16-28)27-13-10-18(11-14-27)24(30)17-2-6-20(26)7-3-17;3-1(4)2(5)6/h2-9,18,22-23,29H,10-16H2,1H3;(H,3,4)(H,5,6)/t22-,23-;/m1./s1. The number of ether oxygens (including phenoxy) is 1. The first-order chi connectivity index (χ1) is 18.1. The molecule has 2 atom stereocenters. The van der Waals surface area contributed by atoms with Crippen molar-refractivity contribution >= 4 is 23.6 Å². The number of carboxylic acid groups (broad SMARTS) is 2. The molecule has 0 bridgehead atoms. The number of likely N-dealkylation sites (tertiary alicyclic amines) is 2. The smallest absolute Gasteiger partial charge is 0.414 e. The Morgan fingerprint density at radius 3 is 1.92 bits per heavy atom. The molecule has 2 aliphatic heterocycles. The molecule has 3 N–H and O–H groups in total. The second-order valence-corrected chi connectivity index (χ2v) is 9.19. The highest BCUT2D eigenvalue weighted by atomic mass is 19.1. The Labute approximate surface area is 219 Å². The van der Waals surface area contributed by atoms with E-state index in [0.29, 0.717) is 62.3 Å². The Bertz CT molecular complexity index is 1120. The van der Waals surface area contributed by atoms with Gasteiger partial charge in [0, 0.05) is 30.1 Å². The number of rotatable bonds is 5. The molecule has 1 amide bonds. The summed E-state index contributed by atoms with van der Waals surface area (Å²) in [5, 5.41) is 25.4. The normalized spacial score (nSPS) is 20.1. The lowest BCUT2D eigenvalue weighted by Gasteiger charge is -2.44. The largest absolute Gasteiger partial charge is 0.497 e. The van der Waals surface area contributed by atoms with Gasteiger partial charge in [0.2, 0.25) is 0 Å². The lowest BCUT2D eigenvalue weighted by atomic mass is 9.87. The van der Waals surface area contributed by atoms with Crippen LogP contribution < -0.4 is 4.74 Å². The van der Waals surface area contributed by atoms with Crippen molar-refractivity contribution in [1.82, 2.24) is 9.80 Å². The maximum absolute atomic E-state index is 13.1. The number of ketones is 1. The summed E-state index contributed by atoms with van der Waals surface area (Å²) >= 11 is 0. The number of aliphatic carboxylic acids is 2. The molecule has 0 aromatic heterocycles. The number of hydrogen-bond acceptors (Lipinski definition) is 7. The molecule has 0 saturated carbocycles. The number of aliphatic hydroxyl groups excluding tert-OH is 1. The highest BCUT2D eigenvalue weighted by Crippen LogP contribution is 2.27. The third kappa shape index (κ3) is 7.36. The minimum Gasteiger partial charge on any atom is -0.497 e. The number of benzene rings is 2. The topological polar surface area (TPSA) is 145 Å². The highest BCUT2D eigenvalue weighted by Gasteiger charge is 2.37. The van der Waals surface area contributed by atoms with E-state index in [1.54, 1.807) is 36.3 Å². The number of Topliss-reactive ketones (excluding diaryl/α,β-unsaturated/α-hetero) is 1. The second kappa shape index (κ2) is 13.1. The van der Waals surface area contributed by atoms with Crippen molar-refractivity contribution in [2.24, 2.45) is 5.92 Å². The number of nitrogens with zero attached hydrogens (tertiary/aromatic N) is 2. The number of halogens is 1. The predicted octanol–water partition coefficient (Wildman–Crippen LogP) is 2.16. The molecule has 2 saturated heterocycles. The van der Waals surface area contributed by atoms with E-state index in [2.05, 4.69) is 4.90 Å². The van der Waals surface area contributed by atoms with Crippen LogP contribution in [0.25, 0.3) is 0 Å². The van der Waals surface area contributed by atoms with Crippen LogP contribution in [0.2, 0.25) is 0 Å². The van der Waals surface area contributed by atoms with Gasteiger partial charge in [-0.25, -0.2) is 14.0 Å². The van der Waals surface area contributed by atoms with Gasteiger partial charge in [0.1, 0.15) is 11.6 Å². The lowest BCUT2D eigenvalue weighted by Crippen LogP contribution is -2.58. The molecule has 0 aliphatic carbocycles. The van der Waals surface area contributed by atoms with Crippen molar-refractivity contribution < 1.29 is 43.6 Å². The van der Waals surface area contributed by atoms with Crippen LogP contribution in [0, 0.1) is 11.7 Å². The fourth-order valence-corrected chi connectivity index (χ4v) is 4.72. The molecule has 2 heterocycles. The SMILES string of the molecule is COc1ccc(C(=O)N2CC[C@@H](O)[C@H](N3CCC(C(=O)c4ccc(F)cc4)CC3)C2)cc1.O=C(O)C(=O)O. The van der Waals surface area contributed by atoms with E-state index in [9.17, 15) is 19.1 Å². The van der Waals surface area contributed by atoms with Gasteiger partial charge in [0.05, 0.1) is 19.3 Å².